The highest BCUT2D eigenvalue weighted by Gasteiger charge is 2.51. The molecule has 0 aliphatic carbocycles. The summed E-state index contributed by atoms with van der Waals surface area (Å²) in [7, 11) is 0. The summed E-state index contributed by atoms with van der Waals surface area (Å²) < 4.78 is 22.9. The number of hydrogen-bond acceptors (Lipinski definition) is 13. The Morgan fingerprint density at radius 3 is 1.09 bits per heavy atom. The van der Waals surface area contributed by atoms with Gasteiger partial charge in [0.25, 0.3) is 0 Å². The number of aliphatic hydroxyl groups is 8. The van der Waals surface area contributed by atoms with Crippen LogP contribution in [0.1, 0.15) is 354 Å². The van der Waals surface area contributed by atoms with Gasteiger partial charge in [0.2, 0.25) is 5.91 Å². The molecule has 546 valence electrons. The summed E-state index contributed by atoms with van der Waals surface area (Å²) >= 11 is 0. The summed E-state index contributed by atoms with van der Waals surface area (Å²) in [5.41, 5.74) is 0. The average molecular weight is 1320 g/mol. The molecule has 12 unspecified atom stereocenters. The van der Waals surface area contributed by atoms with Gasteiger partial charge in [0.15, 0.2) is 12.6 Å². The van der Waals surface area contributed by atoms with Gasteiger partial charge in [0, 0.05) is 6.42 Å². The van der Waals surface area contributed by atoms with Gasteiger partial charge in [-0.25, -0.2) is 0 Å². The fourth-order valence-corrected chi connectivity index (χ4v) is 13.0. The van der Waals surface area contributed by atoms with E-state index in [0.717, 1.165) is 51.4 Å². The summed E-state index contributed by atoms with van der Waals surface area (Å²) in [5.74, 6) is -0.237. The summed E-state index contributed by atoms with van der Waals surface area (Å²) in [5, 5.41) is 87.7. The fraction of sp³-hybridized carbons (Fsp3) is 0.886. The van der Waals surface area contributed by atoms with Crippen molar-refractivity contribution in [2.45, 2.75) is 428 Å². The van der Waals surface area contributed by atoms with Crippen LogP contribution in [0.15, 0.2) is 48.6 Å². The van der Waals surface area contributed by atoms with Crippen molar-refractivity contribution in [3.63, 3.8) is 0 Å². The number of ether oxygens (including phenoxy) is 4. The Morgan fingerprint density at radius 1 is 0.387 bits per heavy atom. The van der Waals surface area contributed by atoms with Crippen LogP contribution in [0.25, 0.3) is 0 Å². The van der Waals surface area contributed by atoms with Crippen molar-refractivity contribution in [3.05, 3.63) is 48.6 Å². The summed E-state index contributed by atoms with van der Waals surface area (Å²) in [6.45, 7) is 2.84. The second kappa shape index (κ2) is 63.4. The Labute approximate surface area is 569 Å². The molecule has 2 rings (SSSR count). The molecule has 2 fully saturated rings. The van der Waals surface area contributed by atoms with Crippen LogP contribution in [0.5, 0.6) is 0 Å². The minimum atomic E-state index is -1.79. The molecule has 0 radical (unpaired) electrons. The third-order valence-electron chi connectivity index (χ3n) is 19.3. The van der Waals surface area contributed by atoms with Crippen molar-refractivity contribution in [1.29, 1.82) is 0 Å². The third-order valence-corrected chi connectivity index (χ3v) is 19.3. The lowest BCUT2D eigenvalue weighted by atomic mass is 9.97. The zero-order valence-corrected chi connectivity index (χ0v) is 59.8. The zero-order chi connectivity index (χ0) is 67.3. The van der Waals surface area contributed by atoms with Gasteiger partial charge < -0.3 is 65.1 Å². The second-order valence-electron chi connectivity index (χ2n) is 27.8. The highest BCUT2D eigenvalue weighted by molar-refractivity contribution is 5.76. The molecule has 14 heteroatoms. The first kappa shape index (κ1) is 87.0. The number of allylic oxidation sites excluding steroid dienone is 7. The quantitative estimate of drug-likeness (QED) is 0.0204. The van der Waals surface area contributed by atoms with E-state index in [1.54, 1.807) is 6.08 Å². The molecular formula is C79H147NO13. The Bertz CT molecular complexity index is 1750. The molecule has 2 aliphatic heterocycles. The van der Waals surface area contributed by atoms with Crippen LogP contribution in [-0.2, 0) is 23.7 Å². The fourth-order valence-electron chi connectivity index (χ4n) is 13.0. The van der Waals surface area contributed by atoms with Gasteiger partial charge in [0.05, 0.1) is 32.0 Å². The molecule has 0 spiro atoms. The van der Waals surface area contributed by atoms with Gasteiger partial charge in [-0.15, -0.1) is 0 Å². The van der Waals surface area contributed by atoms with E-state index in [4.69, 9.17) is 18.9 Å². The first-order chi connectivity index (χ1) is 45.6. The molecule has 93 heavy (non-hydrogen) atoms. The van der Waals surface area contributed by atoms with E-state index in [9.17, 15) is 45.6 Å². The lowest BCUT2D eigenvalue weighted by molar-refractivity contribution is -0.359. The van der Waals surface area contributed by atoms with E-state index < -0.39 is 86.8 Å². The van der Waals surface area contributed by atoms with E-state index >= 15 is 0 Å². The molecule has 0 aromatic rings. The van der Waals surface area contributed by atoms with Crippen LogP contribution in [0, 0.1) is 0 Å². The van der Waals surface area contributed by atoms with Crippen molar-refractivity contribution in [3.8, 4) is 0 Å². The molecule has 2 aliphatic rings. The standard InChI is InChI=1S/C79H147NO13/c1-3-5-7-9-11-13-15-17-19-21-23-25-27-29-31-32-33-34-35-37-38-40-42-44-46-48-50-52-54-56-58-60-62-68(83)67(66-90-78-76(89)74(87)77(70(65-82)92-78)93-79-75(88)73(86)72(85)69(64-81)91-79)80-71(84)63-61-59-57-55-53-51-49-47-45-43-41-39-36-30-28-26-24-22-20-18-16-14-12-10-8-6-4-2/h16,18,22,24,28,30,60,62,67-70,72-79,81-83,85-89H,3-15,17,19-21,23,25-27,29,31-59,61,63-66H2,1-2H3,(H,80,84)/b18-16-,24-22-,30-28-,62-60+. The van der Waals surface area contributed by atoms with E-state index in [0.29, 0.717) is 6.42 Å². The molecule has 1 amide bonds. The highest BCUT2D eigenvalue weighted by Crippen LogP contribution is 2.30. The smallest absolute Gasteiger partial charge is 0.220 e. The molecule has 0 aromatic carbocycles. The highest BCUT2D eigenvalue weighted by atomic mass is 16.7. The van der Waals surface area contributed by atoms with Crippen LogP contribution in [0.2, 0.25) is 0 Å². The lowest BCUT2D eigenvalue weighted by Gasteiger charge is -2.46. The summed E-state index contributed by atoms with van der Waals surface area (Å²) in [6, 6.07) is -0.919. The maximum atomic E-state index is 13.4. The Balaban J connectivity index is 1.63. The molecular weight excluding hydrogens is 1170 g/mol. The van der Waals surface area contributed by atoms with E-state index in [1.165, 1.54) is 276 Å². The van der Waals surface area contributed by atoms with Crippen molar-refractivity contribution in [2.24, 2.45) is 0 Å². The monoisotopic (exact) mass is 1320 g/mol. The molecule has 2 saturated heterocycles. The topological polar surface area (TPSA) is 228 Å². The van der Waals surface area contributed by atoms with Gasteiger partial charge in [-0.2, -0.15) is 0 Å². The van der Waals surface area contributed by atoms with E-state index in [-0.39, 0.29) is 18.9 Å². The van der Waals surface area contributed by atoms with Crippen LogP contribution in [0.3, 0.4) is 0 Å². The Morgan fingerprint density at radius 2 is 0.710 bits per heavy atom. The van der Waals surface area contributed by atoms with Gasteiger partial charge in [0.1, 0.15) is 48.8 Å². The number of rotatable bonds is 66. The van der Waals surface area contributed by atoms with Gasteiger partial charge in [-0.3, -0.25) is 4.79 Å². The van der Waals surface area contributed by atoms with Crippen LogP contribution >= 0.6 is 0 Å². The summed E-state index contributed by atoms with van der Waals surface area (Å²) in [6.07, 6.45) is 67.5. The number of hydrogen-bond donors (Lipinski definition) is 9. The van der Waals surface area contributed by atoms with Crippen molar-refractivity contribution >= 4 is 5.91 Å². The molecule has 12 atom stereocenters. The zero-order valence-electron chi connectivity index (χ0n) is 59.8. The van der Waals surface area contributed by atoms with Crippen molar-refractivity contribution < 1.29 is 64.6 Å². The summed E-state index contributed by atoms with van der Waals surface area (Å²) in [4.78, 5) is 13.4. The number of carbonyl (C=O) groups is 1. The van der Waals surface area contributed by atoms with Gasteiger partial charge >= 0.3 is 0 Å². The Kier molecular flexibility index (Phi) is 59.3. The average Bonchev–Trinajstić information content (AvgIpc) is 0.854. The van der Waals surface area contributed by atoms with Crippen LogP contribution < -0.4 is 5.32 Å². The minimum Gasteiger partial charge on any atom is -0.394 e. The Hall–Kier alpha value is -2.05. The van der Waals surface area contributed by atoms with E-state index in [2.05, 4.69) is 55.6 Å². The predicted octanol–water partition coefficient (Wildman–Crippen LogP) is 17.4. The van der Waals surface area contributed by atoms with E-state index in [1.807, 2.05) is 6.08 Å². The largest absolute Gasteiger partial charge is 0.394 e. The van der Waals surface area contributed by atoms with Crippen molar-refractivity contribution in [1.82, 2.24) is 5.32 Å². The SMILES string of the molecule is CCCCCCC/C=C\C/C=C\C/C=C\CCCCCCCCCCCCCCC(=O)NC(COC1OC(CO)C(OC2OC(CO)C(O)C(O)C2O)C(O)C1O)C(O)/C=C/CCCCCCCCCCCCCCCCCCCCCCCCCCCCCCCC. The first-order valence-electron chi connectivity index (χ1n) is 39.4. The first-order valence-corrected chi connectivity index (χ1v) is 39.4. The normalized spacial score (nSPS) is 22.8. The molecule has 9 N–H and O–H groups in total. The lowest BCUT2D eigenvalue weighted by Crippen LogP contribution is -2.65. The number of nitrogens with one attached hydrogen (secondary N) is 1. The maximum Gasteiger partial charge on any atom is 0.220 e. The predicted molar refractivity (Wildman–Crippen MR) is 383 cm³/mol. The van der Waals surface area contributed by atoms with Gasteiger partial charge in [-0.1, -0.05) is 339 Å². The number of carbonyl (C=O) groups excluding carboxylic acids is 1. The number of unbranched alkanes of at least 4 members (excludes halogenated alkanes) is 47. The molecule has 0 bridgehead atoms. The third kappa shape index (κ3) is 46.8. The second-order valence-corrected chi connectivity index (χ2v) is 27.8. The van der Waals surface area contributed by atoms with Crippen molar-refractivity contribution in [2.75, 3.05) is 19.8 Å². The molecule has 0 aromatic heterocycles. The van der Waals surface area contributed by atoms with Crippen LogP contribution in [-0.4, -0.2) is 140 Å². The molecule has 2 heterocycles. The van der Waals surface area contributed by atoms with Gasteiger partial charge in [-0.05, 0) is 57.8 Å². The molecule has 0 saturated carbocycles. The number of aliphatic hydroxyl groups excluding tert-OH is 8. The minimum absolute atomic E-state index is 0.237. The molecule has 14 nitrogen and oxygen atoms in total. The number of amides is 1. The maximum absolute atomic E-state index is 13.4. The van der Waals surface area contributed by atoms with Crippen LogP contribution in [0.4, 0.5) is 0 Å².